The number of methoxy groups -OCH3 is 2. The lowest BCUT2D eigenvalue weighted by Gasteiger charge is -2.09. The first-order valence-corrected chi connectivity index (χ1v) is 6.53. The molecule has 0 aliphatic carbocycles. The zero-order valence-electron chi connectivity index (χ0n) is 11.9. The van der Waals surface area contributed by atoms with E-state index in [9.17, 15) is 0 Å². The van der Waals surface area contributed by atoms with Gasteiger partial charge in [-0.3, -0.25) is 0 Å². The minimum atomic E-state index is 0.748. The first-order chi connectivity index (χ1) is 9.74. The van der Waals surface area contributed by atoms with E-state index >= 15 is 0 Å². The van der Waals surface area contributed by atoms with Crippen LogP contribution >= 0.6 is 0 Å². The van der Waals surface area contributed by atoms with Gasteiger partial charge in [0, 0.05) is 23.0 Å². The van der Waals surface area contributed by atoms with Gasteiger partial charge in [0.25, 0.3) is 0 Å². The number of hydrogen-bond acceptors (Lipinski definition) is 2. The van der Waals surface area contributed by atoms with E-state index in [2.05, 4.69) is 35.7 Å². The molecule has 1 aromatic carbocycles. The maximum Gasteiger partial charge on any atom is 0.161 e. The molecular weight excluding hydrogens is 250 g/mol. The van der Waals surface area contributed by atoms with E-state index in [1.54, 1.807) is 14.2 Å². The van der Waals surface area contributed by atoms with E-state index in [-0.39, 0.29) is 0 Å². The van der Waals surface area contributed by atoms with Gasteiger partial charge in [0.1, 0.15) is 0 Å². The summed E-state index contributed by atoms with van der Waals surface area (Å²) in [6.45, 7) is 2.12. The predicted molar refractivity (Wildman–Crippen MR) is 80.7 cm³/mol. The van der Waals surface area contributed by atoms with Crippen molar-refractivity contribution in [1.82, 2.24) is 4.40 Å². The van der Waals surface area contributed by atoms with Crippen LogP contribution in [0.2, 0.25) is 0 Å². The van der Waals surface area contributed by atoms with Gasteiger partial charge in [-0.1, -0.05) is 12.1 Å². The monoisotopic (exact) mass is 267 g/mol. The minimum absolute atomic E-state index is 0.748. The molecule has 0 saturated carbocycles. The summed E-state index contributed by atoms with van der Waals surface area (Å²) in [4.78, 5) is 0. The number of hydrogen-bond donors (Lipinski definition) is 0. The van der Waals surface area contributed by atoms with Crippen LogP contribution in [-0.2, 0) is 0 Å². The molecule has 0 unspecified atom stereocenters. The Morgan fingerprint density at radius 1 is 0.900 bits per heavy atom. The second kappa shape index (κ2) is 4.93. The second-order valence-corrected chi connectivity index (χ2v) is 4.71. The zero-order valence-corrected chi connectivity index (χ0v) is 11.9. The standard InChI is InChI=1S/C17H17NO2/c1-12-15(11-14-6-4-5-9-18(12)14)13-7-8-16(19-2)17(10-13)20-3/h4-11H,1-3H3. The topological polar surface area (TPSA) is 22.9 Å². The summed E-state index contributed by atoms with van der Waals surface area (Å²) in [5.74, 6) is 1.50. The molecule has 2 heterocycles. The third-order valence-corrected chi connectivity index (χ3v) is 3.63. The van der Waals surface area contributed by atoms with Crippen molar-refractivity contribution < 1.29 is 9.47 Å². The summed E-state index contributed by atoms with van der Waals surface area (Å²) >= 11 is 0. The molecule has 0 bridgehead atoms. The second-order valence-electron chi connectivity index (χ2n) is 4.71. The molecule has 0 amide bonds. The van der Waals surface area contributed by atoms with Crippen molar-refractivity contribution in [3.8, 4) is 22.6 Å². The van der Waals surface area contributed by atoms with Crippen LogP contribution in [-0.4, -0.2) is 18.6 Å². The number of nitrogens with zero attached hydrogens (tertiary/aromatic N) is 1. The molecule has 2 aromatic heterocycles. The Labute approximate surface area is 118 Å². The highest BCUT2D eigenvalue weighted by Crippen LogP contribution is 2.34. The number of ether oxygens (including phenoxy) is 2. The molecule has 0 N–H and O–H groups in total. The highest BCUT2D eigenvalue weighted by atomic mass is 16.5. The fourth-order valence-electron chi connectivity index (χ4n) is 2.56. The van der Waals surface area contributed by atoms with Crippen LogP contribution < -0.4 is 9.47 Å². The van der Waals surface area contributed by atoms with E-state index in [1.807, 2.05) is 24.3 Å². The fourth-order valence-corrected chi connectivity index (χ4v) is 2.56. The van der Waals surface area contributed by atoms with E-state index < -0.39 is 0 Å². The molecule has 3 heteroatoms. The zero-order chi connectivity index (χ0) is 14.1. The van der Waals surface area contributed by atoms with Crippen LogP contribution in [0.15, 0.2) is 48.7 Å². The van der Waals surface area contributed by atoms with Gasteiger partial charge < -0.3 is 13.9 Å². The van der Waals surface area contributed by atoms with Crippen LogP contribution in [0, 0.1) is 6.92 Å². The maximum absolute atomic E-state index is 5.38. The number of aromatic nitrogens is 1. The lowest BCUT2D eigenvalue weighted by atomic mass is 10.1. The van der Waals surface area contributed by atoms with Gasteiger partial charge in [-0.05, 0) is 42.8 Å². The highest BCUT2D eigenvalue weighted by molar-refractivity contribution is 5.75. The van der Waals surface area contributed by atoms with Crippen molar-refractivity contribution in [3.05, 3.63) is 54.4 Å². The van der Waals surface area contributed by atoms with E-state index in [1.165, 1.54) is 16.8 Å². The fraction of sp³-hybridized carbons (Fsp3) is 0.176. The highest BCUT2D eigenvalue weighted by Gasteiger charge is 2.11. The molecule has 3 nitrogen and oxygen atoms in total. The Hall–Kier alpha value is -2.42. The quantitative estimate of drug-likeness (QED) is 0.717. The van der Waals surface area contributed by atoms with Crippen molar-refractivity contribution in [2.24, 2.45) is 0 Å². The SMILES string of the molecule is COc1ccc(-c2cc3ccccn3c2C)cc1OC. The van der Waals surface area contributed by atoms with Crippen molar-refractivity contribution >= 4 is 5.52 Å². The Bertz CT molecular complexity index is 759. The first kappa shape index (κ1) is 12.6. The molecule has 0 spiro atoms. The van der Waals surface area contributed by atoms with Gasteiger partial charge >= 0.3 is 0 Å². The Morgan fingerprint density at radius 3 is 2.40 bits per heavy atom. The number of pyridine rings is 1. The molecule has 0 saturated heterocycles. The lowest BCUT2D eigenvalue weighted by Crippen LogP contribution is -1.91. The van der Waals surface area contributed by atoms with Crippen molar-refractivity contribution in [1.29, 1.82) is 0 Å². The molecule has 0 aliphatic heterocycles. The summed E-state index contributed by atoms with van der Waals surface area (Å²) in [6, 6.07) is 14.4. The average molecular weight is 267 g/mol. The predicted octanol–water partition coefficient (Wildman–Crippen LogP) is 3.93. The van der Waals surface area contributed by atoms with Gasteiger partial charge in [0.2, 0.25) is 0 Å². The molecule has 0 fully saturated rings. The molecule has 0 atom stereocenters. The average Bonchev–Trinajstić information content (AvgIpc) is 2.84. The summed E-state index contributed by atoms with van der Waals surface area (Å²) in [7, 11) is 3.31. The van der Waals surface area contributed by atoms with Gasteiger partial charge in [-0.25, -0.2) is 0 Å². The summed E-state index contributed by atoms with van der Waals surface area (Å²) in [6.07, 6.45) is 2.08. The normalized spacial score (nSPS) is 10.8. The molecule has 0 aliphatic rings. The summed E-state index contributed by atoms with van der Waals surface area (Å²) in [5, 5.41) is 0. The van der Waals surface area contributed by atoms with Gasteiger partial charge in [-0.2, -0.15) is 0 Å². The molecule has 3 rings (SSSR count). The van der Waals surface area contributed by atoms with Crippen LogP contribution in [0.25, 0.3) is 16.6 Å². The smallest absolute Gasteiger partial charge is 0.161 e. The molecule has 3 aromatic rings. The number of fused-ring (bicyclic) bond motifs is 1. The number of aryl methyl sites for hydroxylation is 1. The van der Waals surface area contributed by atoms with Gasteiger partial charge in [-0.15, -0.1) is 0 Å². The molecule has 0 radical (unpaired) electrons. The Balaban J connectivity index is 2.18. The van der Waals surface area contributed by atoms with E-state index in [0.717, 1.165) is 17.1 Å². The third kappa shape index (κ3) is 1.92. The van der Waals surface area contributed by atoms with Crippen molar-refractivity contribution in [2.45, 2.75) is 6.92 Å². The van der Waals surface area contributed by atoms with Crippen LogP contribution in [0.5, 0.6) is 11.5 Å². The summed E-state index contributed by atoms with van der Waals surface area (Å²) in [5.41, 5.74) is 4.74. The number of benzene rings is 1. The maximum atomic E-state index is 5.38. The van der Waals surface area contributed by atoms with Crippen molar-refractivity contribution in [2.75, 3.05) is 14.2 Å². The number of rotatable bonds is 3. The summed E-state index contributed by atoms with van der Waals surface area (Å²) < 4.78 is 12.9. The first-order valence-electron chi connectivity index (χ1n) is 6.53. The van der Waals surface area contributed by atoms with E-state index in [0.29, 0.717) is 0 Å². The minimum Gasteiger partial charge on any atom is -0.493 e. The van der Waals surface area contributed by atoms with Crippen LogP contribution in [0.3, 0.4) is 0 Å². The largest absolute Gasteiger partial charge is 0.493 e. The van der Waals surface area contributed by atoms with Gasteiger partial charge in [0.15, 0.2) is 11.5 Å². The lowest BCUT2D eigenvalue weighted by molar-refractivity contribution is 0.355. The van der Waals surface area contributed by atoms with Crippen LogP contribution in [0.4, 0.5) is 0 Å². The Morgan fingerprint density at radius 2 is 1.70 bits per heavy atom. The third-order valence-electron chi connectivity index (χ3n) is 3.63. The van der Waals surface area contributed by atoms with Crippen LogP contribution in [0.1, 0.15) is 5.69 Å². The molecular formula is C17H17NO2. The Kier molecular flexibility index (Phi) is 3.11. The van der Waals surface area contributed by atoms with Gasteiger partial charge in [0.05, 0.1) is 14.2 Å². The van der Waals surface area contributed by atoms with Crippen molar-refractivity contribution in [3.63, 3.8) is 0 Å². The molecule has 20 heavy (non-hydrogen) atoms. The molecule has 102 valence electrons. The van der Waals surface area contributed by atoms with E-state index in [4.69, 9.17) is 9.47 Å².